The Bertz CT molecular complexity index is 1030. The number of rotatable bonds is 10. The Morgan fingerprint density at radius 3 is 2.16 bits per heavy atom. The lowest BCUT2D eigenvalue weighted by molar-refractivity contribution is 0.0620. The molecule has 3 N–H and O–H groups in total. The average Bonchev–Trinajstić information content (AvgIpc) is 3.11. The fraction of sp³-hybridized carbons (Fsp3) is 0.536. The van der Waals surface area contributed by atoms with Gasteiger partial charge >= 0.3 is 6.03 Å². The number of nitrogens with zero attached hydrogens (tertiary/aromatic N) is 1. The molecule has 0 aromatic heterocycles. The van der Waals surface area contributed by atoms with Gasteiger partial charge in [0.2, 0.25) is 5.75 Å². The first-order chi connectivity index (χ1) is 17.8. The second kappa shape index (κ2) is 12.2. The summed E-state index contributed by atoms with van der Waals surface area (Å²) in [7, 11) is 4.58. The molecule has 2 aromatic carbocycles. The van der Waals surface area contributed by atoms with E-state index in [1.807, 2.05) is 12.1 Å². The van der Waals surface area contributed by atoms with Gasteiger partial charge in [-0.15, -0.1) is 0 Å². The minimum atomic E-state index is -0.697. The van der Waals surface area contributed by atoms with Crippen LogP contribution in [-0.4, -0.2) is 68.1 Å². The number of halogens is 1. The number of nitrogens with one attached hydrogen (secondary N) is 2. The maximum Gasteiger partial charge on any atom is 0.319 e. The molecule has 202 valence electrons. The van der Waals surface area contributed by atoms with Gasteiger partial charge in [0, 0.05) is 35.8 Å². The van der Waals surface area contributed by atoms with Gasteiger partial charge in [0.05, 0.1) is 39.2 Å². The number of piperidine rings is 1. The van der Waals surface area contributed by atoms with Crippen LogP contribution in [0.15, 0.2) is 36.4 Å². The second-order valence-corrected chi connectivity index (χ2v) is 10.5. The van der Waals surface area contributed by atoms with Crippen molar-refractivity contribution >= 4 is 23.3 Å². The molecule has 2 unspecified atom stereocenters. The van der Waals surface area contributed by atoms with Gasteiger partial charge in [-0.3, -0.25) is 4.90 Å². The molecule has 2 aliphatic heterocycles. The summed E-state index contributed by atoms with van der Waals surface area (Å²) < 4.78 is 16.1. The highest BCUT2D eigenvalue weighted by Gasteiger charge is 2.41. The average molecular weight is 532 g/mol. The first kappa shape index (κ1) is 27.4. The van der Waals surface area contributed by atoms with Gasteiger partial charge in [-0.2, -0.15) is 0 Å². The summed E-state index contributed by atoms with van der Waals surface area (Å²) in [6.07, 6.45) is 4.94. The Morgan fingerprint density at radius 2 is 1.65 bits per heavy atom. The van der Waals surface area contributed by atoms with Crippen molar-refractivity contribution in [3.05, 3.63) is 47.0 Å². The highest BCUT2D eigenvalue weighted by Crippen LogP contribution is 2.41. The Morgan fingerprint density at radius 1 is 1.05 bits per heavy atom. The van der Waals surface area contributed by atoms with E-state index in [0.717, 1.165) is 37.1 Å². The van der Waals surface area contributed by atoms with Crippen LogP contribution in [0.2, 0.25) is 5.02 Å². The maximum absolute atomic E-state index is 12.9. The number of carbonyl (C=O) groups excluding carboxylic acids is 1. The third-order valence-electron chi connectivity index (χ3n) is 7.65. The summed E-state index contributed by atoms with van der Waals surface area (Å²) in [6.45, 7) is 2.34. The lowest BCUT2D eigenvalue weighted by Crippen LogP contribution is -2.54. The molecule has 0 aliphatic carbocycles. The second-order valence-electron chi connectivity index (χ2n) is 10.1. The number of ether oxygens (including phenoxy) is 3. The van der Waals surface area contributed by atoms with E-state index in [9.17, 15) is 9.90 Å². The Balaban J connectivity index is 1.37. The van der Waals surface area contributed by atoms with Crippen molar-refractivity contribution in [3.8, 4) is 17.2 Å². The highest BCUT2D eigenvalue weighted by atomic mass is 35.5. The van der Waals surface area contributed by atoms with Crippen molar-refractivity contribution < 1.29 is 24.1 Å². The van der Waals surface area contributed by atoms with Crippen LogP contribution < -0.4 is 24.8 Å². The number of methoxy groups -OCH3 is 3. The fourth-order valence-electron chi connectivity index (χ4n) is 5.84. The monoisotopic (exact) mass is 531 g/mol. The molecule has 2 saturated heterocycles. The number of anilines is 1. The quantitative estimate of drug-likeness (QED) is 0.411. The molecule has 0 saturated carbocycles. The number of benzene rings is 2. The first-order valence-electron chi connectivity index (χ1n) is 12.9. The number of hydrogen-bond acceptors (Lipinski definition) is 6. The zero-order chi connectivity index (χ0) is 26.5. The highest BCUT2D eigenvalue weighted by molar-refractivity contribution is 6.30. The van der Waals surface area contributed by atoms with Gasteiger partial charge in [0.15, 0.2) is 11.5 Å². The van der Waals surface area contributed by atoms with Crippen molar-refractivity contribution in [1.29, 1.82) is 0 Å². The number of fused-ring (bicyclic) bond motifs is 2. The predicted molar refractivity (Wildman–Crippen MR) is 145 cm³/mol. The number of carbonyl (C=O) groups is 1. The topological polar surface area (TPSA) is 92.3 Å². The fourth-order valence-corrected chi connectivity index (χ4v) is 5.97. The number of hydrogen-bond donors (Lipinski definition) is 3. The Labute approximate surface area is 224 Å². The molecule has 2 amide bonds. The zero-order valence-corrected chi connectivity index (χ0v) is 22.8. The molecule has 37 heavy (non-hydrogen) atoms. The van der Waals surface area contributed by atoms with E-state index in [2.05, 4.69) is 27.7 Å². The van der Waals surface area contributed by atoms with Crippen molar-refractivity contribution in [2.24, 2.45) is 5.92 Å². The predicted octanol–water partition coefficient (Wildman–Crippen LogP) is 4.72. The Hall–Kier alpha value is -2.68. The zero-order valence-electron chi connectivity index (χ0n) is 22.0. The lowest BCUT2D eigenvalue weighted by atomic mass is 9.85. The van der Waals surface area contributed by atoms with Crippen LogP contribution in [0.25, 0.3) is 0 Å². The van der Waals surface area contributed by atoms with Crippen LogP contribution in [0.3, 0.4) is 0 Å². The van der Waals surface area contributed by atoms with E-state index in [1.54, 1.807) is 19.1 Å². The van der Waals surface area contributed by atoms with E-state index in [-0.39, 0.29) is 0 Å². The first-order valence-corrected chi connectivity index (χ1v) is 13.2. The molecular formula is C28H38ClN3O5. The van der Waals surface area contributed by atoms with Crippen LogP contribution in [0.4, 0.5) is 10.5 Å². The summed E-state index contributed by atoms with van der Waals surface area (Å²) >= 11 is 6.05. The van der Waals surface area contributed by atoms with Gasteiger partial charge < -0.3 is 30.0 Å². The van der Waals surface area contributed by atoms with Crippen molar-refractivity contribution in [2.45, 2.75) is 63.3 Å². The summed E-state index contributed by atoms with van der Waals surface area (Å²) in [5.41, 5.74) is 1.83. The molecule has 0 radical (unpaired) electrons. The van der Waals surface area contributed by atoms with Crippen molar-refractivity contribution in [3.63, 3.8) is 0 Å². The van der Waals surface area contributed by atoms with Crippen LogP contribution in [0.5, 0.6) is 17.2 Å². The van der Waals surface area contributed by atoms with Crippen molar-refractivity contribution in [2.75, 3.05) is 33.2 Å². The summed E-state index contributed by atoms with van der Waals surface area (Å²) in [4.78, 5) is 15.4. The molecular weight excluding hydrogens is 494 g/mol. The third kappa shape index (κ3) is 6.61. The number of urea groups is 1. The molecule has 2 heterocycles. The lowest BCUT2D eigenvalue weighted by Gasteiger charge is -2.41. The van der Waals surface area contributed by atoms with Gasteiger partial charge in [-0.25, -0.2) is 4.79 Å². The van der Waals surface area contributed by atoms with E-state index < -0.39 is 18.2 Å². The van der Waals surface area contributed by atoms with Crippen LogP contribution in [-0.2, 0) is 6.42 Å². The third-order valence-corrected chi connectivity index (χ3v) is 7.90. The minimum Gasteiger partial charge on any atom is -0.493 e. The largest absolute Gasteiger partial charge is 0.493 e. The smallest absolute Gasteiger partial charge is 0.319 e. The molecule has 2 aromatic rings. The SMILES string of the molecule is COc1cc(NC(=O)N[C@@H](CN2[C@@H]3CC[C@H]2CC(Cc2ccc(Cl)cc2)C3)C(C)O)cc(OC)c1OC. The normalized spacial score (nSPS) is 22.7. The molecule has 0 spiro atoms. The maximum atomic E-state index is 12.9. The molecule has 9 heteroatoms. The molecule has 2 aliphatic rings. The standard InChI is InChI=1S/C28H38ClN3O5/c1-17(33)24(31-28(34)30-21-14-25(35-2)27(37-4)26(15-21)36-3)16-32-22-9-10-23(32)13-19(12-22)11-18-5-7-20(29)8-6-18/h5-8,14-15,17,19,22-24,33H,9-13,16H2,1-4H3,(H2,30,31,34)/t17?,19?,22-,23+,24-/m0/s1. The van der Waals surface area contributed by atoms with E-state index in [1.165, 1.54) is 26.9 Å². The molecule has 5 atom stereocenters. The summed E-state index contributed by atoms with van der Waals surface area (Å²) in [5.74, 6) is 1.98. The van der Waals surface area contributed by atoms with Gasteiger partial charge in [0.1, 0.15) is 0 Å². The number of amides is 2. The summed E-state index contributed by atoms with van der Waals surface area (Å²) in [6, 6.07) is 11.6. The molecule has 4 rings (SSSR count). The Kier molecular flexibility index (Phi) is 9.05. The van der Waals surface area contributed by atoms with Crippen LogP contribution in [0.1, 0.15) is 38.2 Å². The minimum absolute atomic E-state index is 0.398. The summed E-state index contributed by atoms with van der Waals surface area (Å²) in [5, 5.41) is 17.1. The molecule has 8 nitrogen and oxygen atoms in total. The van der Waals surface area contributed by atoms with Crippen LogP contribution >= 0.6 is 11.6 Å². The van der Waals surface area contributed by atoms with E-state index in [0.29, 0.717) is 47.5 Å². The van der Waals surface area contributed by atoms with Gasteiger partial charge in [-0.1, -0.05) is 23.7 Å². The molecule has 2 bridgehead atoms. The van der Waals surface area contributed by atoms with E-state index in [4.69, 9.17) is 25.8 Å². The van der Waals surface area contributed by atoms with Gasteiger partial charge in [0.25, 0.3) is 0 Å². The van der Waals surface area contributed by atoms with E-state index >= 15 is 0 Å². The molecule has 2 fully saturated rings. The van der Waals surface area contributed by atoms with Crippen molar-refractivity contribution in [1.82, 2.24) is 10.2 Å². The number of aliphatic hydroxyl groups is 1. The van der Waals surface area contributed by atoms with Gasteiger partial charge in [-0.05, 0) is 62.6 Å². The number of aliphatic hydroxyl groups excluding tert-OH is 1. The van der Waals surface area contributed by atoms with Crippen LogP contribution in [0, 0.1) is 5.92 Å².